The van der Waals surface area contributed by atoms with Gasteiger partial charge < -0.3 is 0 Å². The molecule has 3 rings (SSSR count). The summed E-state index contributed by atoms with van der Waals surface area (Å²) in [6.45, 7) is 0.247. The number of hydrogen-bond acceptors (Lipinski definition) is 4. The minimum Gasteiger partial charge on any atom is -0.277 e. The van der Waals surface area contributed by atoms with E-state index in [0.29, 0.717) is 19.3 Å². The smallest absolute Gasteiger partial charge is 0.277 e. The van der Waals surface area contributed by atoms with Crippen LogP contribution in [-0.2, 0) is 16.0 Å². The molecule has 1 aliphatic heterocycles. The predicted molar refractivity (Wildman–Crippen MR) is 69.5 cm³/mol. The van der Waals surface area contributed by atoms with E-state index in [1.807, 2.05) is 18.2 Å². The van der Waals surface area contributed by atoms with Crippen LogP contribution in [0.3, 0.4) is 0 Å². The normalized spacial score (nSPS) is 20.8. The summed E-state index contributed by atoms with van der Waals surface area (Å²) in [5, 5.41) is 2.30. The van der Waals surface area contributed by atoms with Crippen LogP contribution < -0.4 is 5.32 Å². The molecule has 6 heteroatoms. The van der Waals surface area contributed by atoms with Gasteiger partial charge in [0.15, 0.2) is 0 Å². The maximum Gasteiger partial charge on any atom is 0.330 e. The number of nitrogens with one attached hydrogen (secondary N) is 1. The maximum absolute atomic E-state index is 12.4. The fraction of sp³-hybridized carbons (Fsp3) is 0.429. The minimum atomic E-state index is -0.988. The molecule has 1 saturated carbocycles. The van der Waals surface area contributed by atoms with Crippen molar-refractivity contribution in [2.45, 2.75) is 25.7 Å². The molecule has 1 spiro atoms. The first-order valence-corrected chi connectivity index (χ1v) is 6.71. The van der Waals surface area contributed by atoms with E-state index in [1.165, 1.54) is 0 Å². The summed E-state index contributed by atoms with van der Waals surface area (Å²) in [7, 11) is 0. The second kappa shape index (κ2) is 4.70. The molecule has 0 atom stereocenters. The highest BCUT2D eigenvalue weighted by atomic mass is 16.2. The lowest BCUT2D eigenvalue weighted by molar-refractivity contribution is -0.157. The van der Waals surface area contributed by atoms with Crippen LogP contribution in [0, 0.1) is 5.41 Å². The van der Waals surface area contributed by atoms with Gasteiger partial charge in [0.05, 0.1) is 0 Å². The van der Waals surface area contributed by atoms with Crippen molar-refractivity contribution in [2.75, 3.05) is 6.54 Å². The number of carbonyl (C=O) groups is 3. The van der Waals surface area contributed by atoms with Gasteiger partial charge in [-0.1, -0.05) is 12.5 Å². The summed E-state index contributed by atoms with van der Waals surface area (Å²) in [4.78, 5) is 41.4. The highest BCUT2D eigenvalue weighted by Gasteiger charge is 2.57. The number of hydrogen-bond donors (Lipinski definition) is 1. The maximum atomic E-state index is 12.4. The number of carbonyl (C=O) groups excluding carboxylic acids is 3. The minimum absolute atomic E-state index is 0.247. The van der Waals surface area contributed by atoms with Crippen LogP contribution in [-0.4, -0.2) is 34.3 Å². The molecular weight excluding hydrogens is 258 g/mol. The van der Waals surface area contributed by atoms with Gasteiger partial charge in [-0.05, 0) is 25.0 Å². The van der Waals surface area contributed by atoms with Crippen molar-refractivity contribution in [1.29, 1.82) is 0 Å². The molecule has 0 aromatic carbocycles. The predicted octanol–water partition coefficient (Wildman–Crippen LogP) is 0.873. The Labute approximate surface area is 116 Å². The standard InChI is InChI=1S/C14H15N3O3/c18-11-14(6-3-7-14)12(19)17(13(20)16-11)9-5-10-4-1-2-8-15-10/h1-2,4,8H,3,5-7,9H2,(H,16,18,20). The van der Waals surface area contributed by atoms with Crippen LogP contribution in [0.4, 0.5) is 4.79 Å². The molecule has 20 heavy (non-hydrogen) atoms. The van der Waals surface area contributed by atoms with Crippen LogP contribution >= 0.6 is 0 Å². The number of urea groups is 1. The van der Waals surface area contributed by atoms with Gasteiger partial charge in [0, 0.05) is 24.9 Å². The van der Waals surface area contributed by atoms with Crippen molar-refractivity contribution in [1.82, 2.24) is 15.2 Å². The molecule has 1 aromatic heterocycles. The average Bonchev–Trinajstić information content (AvgIpc) is 2.37. The van der Waals surface area contributed by atoms with Crippen LogP contribution in [0.5, 0.6) is 0 Å². The summed E-state index contributed by atoms with van der Waals surface area (Å²) in [5.41, 5.74) is -0.175. The lowest BCUT2D eigenvalue weighted by Gasteiger charge is -2.44. The third-order valence-corrected chi connectivity index (χ3v) is 4.08. The largest absolute Gasteiger partial charge is 0.330 e. The monoisotopic (exact) mass is 273 g/mol. The van der Waals surface area contributed by atoms with E-state index in [1.54, 1.807) is 6.20 Å². The van der Waals surface area contributed by atoms with Gasteiger partial charge >= 0.3 is 6.03 Å². The van der Waals surface area contributed by atoms with Gasteiger partial charge in [-0.2, -0.15) is 0 Å². The van der Waals surface area contributed by atoms with Gasteiger partial charge in [-0.3, -0.25) is 24.8 Å². The van der Waals surface area contributed by atoms with E-state index in [2.05, 4.69) is 10.3 Å². The topological polar surface area (TPSA) is 79.4 Å². The second-order valence-corrected chi connectivity index (χ2v) is 5.22. The Balaban J connectivity index is 1.73. The van der Waals surface area contributed by atoms with E-state index >= 15 is 0 Å². The van der Waals surface area contributed by atoms with Gasteiger partial charge in [0.1, 0.15) is 5.41 Å². The zero-order chi connectivity index (χ0) is 14.2. The first-order valence-electron chi connectivity index (χ1n) is 6.71. The highest BCUT2D eigenvalue weighted by molar-refractivity contribution is 6.19. The average molecular weight is 273 g/mol. The van der Waals surface area contributed by atoms with Crippen molar-refractivity contribution < 1.29 is 14.4 Å². The van der Waals surface area contributed by atoms with Gasteiger partial charge in [0.25, 0.3) is 0 Å². The summed E-state index contributed by atoms with van der Waals surface area (Å²) in [6, 6.07) is 4.89. The zero-order valence-corrected chi connectivity index (χ0v) is 11.0. The highest BCUT2D eigenvalue weighted by Crippen LogP contribution is 2.44. The Morgan fingerprint density at radius 1 is 1.25 bits per heavy atom. The zero-order valence-electron chi connectivity index (χ0n) is 11.0. The first kappa shape index (κ1) is 12.8. The van der Waals surface area contributed by atoms with Crippen molar-refractivity contribution >= 4 is 17.8 Å². The molecule has 0 bridgehead atoms. The molecule has 0 radical (unpaired) electrons. The Morgan fingerprint density at radius 2 is 2.05 bits per heavy atom. The van der Waals surface area contributed by atoms with Gasteiger partial charge in [0.2, 0.25) is 11.8 Å². The molecule has 104 valence electrons. The SMILES string of the molecule is O=C1NC(=O)C2(CCC2)C(=O)N1CCc1ccccn1. The fourth-order valence-electron chi connectivity index (χ4n) is 2.68. The molecule has 1 aliphatic carbocycles. The molecule has 0 unspecified atom stereocenters. The molecule has 1 saturated heterocycles. The second-order valence-electron chi connectivity index (χ2n) is 5.22. The summed E-state index contributed by atoms with van der Waals surface area (Å²) in [5.74, 6) is -0.790. The third kappa shape index (κ3) is 1.88. The Kier molecular flexibility index (Phi) is 3.00. The van der Waals surface area contributed by atoms with Crippen molar-refractivity contribution in [3.63, 3.8) is 0 Å². The summed E-state index contributed by atoms with van der Waals surface area (Å²) < 4.78 is 0. The van der Waals surface area contributed by atoms with Crippen molar-refractivity contribution in [3.8, 4) is 0 Å². The van der Waals surface area contributed by atoms with E-state index in [4.69, 9.17) is 0 Å². The number of nitrogens with zero attached hydrogens (tertiary/aromatic N) is 2. The molecule has 4 amide bonds. The summed E-state index contributed by atoms with van der Waals surface area (Å²) in [6.07, 6.45) is 4.08. The lowest BCUT2D eigenvalue weighted by atomic mass is 9.66. The first-order chi connectivity index (χ1) is 9.63. The molecule has 2 fully saturated rings. The molecule has 2 heterocycles. The van der Waals surface area contributed by atoms with Crippen LogP contribution in [0.2, 0.25) is 0 Å². The van der Waals surface area contributed by atoms with E-state index in [0.717, 1.165) is 17.0 Å². The Hall–Kier alpha value is -2.24. The number of imide groups is 2. The number of pyridine rings is 1. The number of rotatable bonds is 3. The van der Waals surface area contributed by atoms with Gasteiger partial charge in [-0.15, -0.1) is 0 Å². The number of barbiturate groups is 1. The van der Waals surface area contributed by atoms with Crippen LogP contribution in [0.25, 0.3) is 0 Å². The summed E-state index contributed by atoms with van der Waals surface area (Å²) >= 11 is 0. The molecule has 1 N–H and O–H groups in total. The lowest BCUT2D eigenvalue weighted by Crippen LogP contribution is -2.66. The van der Waals surface area contributed by atoms with E-state index < -0.39 is 17.4 Å². The molecule has 6 nitrogen and oxygen atoms in total. The molecule has 2 aliphatic rings. The van der Waals surface area contributed by atoms with Crippen LogP contribution in [0.15, 0.2) is 24.4 Å². The van der Waals surface area contributed by atoms with Crippen molar-refractivity contribution in [3.05, 3.63) is 30.1 Å². The quantitative estimate of drug-likeness (QED) is 0.829. The van der Waals surface area contributed by atoms with Crippen LogP contribution in [0.1, 0.15) is 25.0 Å². The third-order valence-electron chi connectivity index (χ3n) is 4.08. The molecular formula is C14H15N3O3. The molecule has 1 aromatic rings. The van der Waals surface area contributed by atoms with E-state index in [9.17, 15) is 14.4 Å². The fourth-order valence-corrected chi connectivity index (χ4v) is 2.68. The van der Waals surface area contributed by atoms with Crippen molar-refractivity contribution in [2.24, 2.45) is 5.41 Å². The Morgan fingerprint density at radius 3 is 2.65 bits per heavy atom. The van der Waals surface area contributed by atoms with Gasteiger partial charge in [-0.25, -0.2) is 4.79 Å². The Bertz CT molecular complexity index is 566. The number of amides is 4. The van der Waals surface area contributed by atoms with E-state index in [-0.39, 0.29) is 12.5 Å². The number of aromatic nitrogens is 1.